The van der Waals surface area contributed by atoms with Crippen LogP contribution in [0.3, 0.4) is 0 Å². The van der Waals surface area contributed by atoms with Gasteiger partial charge in [0.05, 0.1) is 25.9 Å². The number of ether oxygens (including phenoxy) is 2. The molecule has 2 saturated heterocycles. The summed E-state index contributed by atoms with van der Waals surface area (Å²) in [5, 5.41) is 7.15. The Balaban J connectivity index is 1.58. The number of nitrogens with zero attached hydrogens (tertiary/aromatic N) is 2. The number of hydrogen-bond donors (Lipinski definition) is 2. The van der Waals surface area contributed by atoms with Crippen molar-refractivity contribution in [1.29, 1.82) is 0 Å². The largest absolute Gasteiger partial charge is 0.379 e. The van der Waals surface area contributed by atoms with Crippen LogP contribution in [0.5, 0.6) is 0 Å². The molecule has 6 nitrogen and oxygen atoms in total. The summed E-state index contributed by atoms with van der Waals surface area (Å²) in [7, 11) is 0. The molecule has 0 bridgehead atoms. The van der Waals surface area contributed by atoms with Gasteiger partial charge < -0.3 is 20.1 Å². The van der Waals surface area contributed by atoms with E-state index in [1.807, 2.05) is 0 Å². The second kappa shape index (κ2) is 8.23. The Labute approximate surface area is 152 Å². The average molecular weight is 353 g/mol. The number of rotatable bonds is 5. The lowest BCUT2D eigenvalue weighted by molar-refractivity contribution is -0.188. The van der Waals surface area contributed by atoms with Gasteiger partial charge in [-0.05, 0) is 26.7 Å². The van der Waals surface area contributed by atoms with Gasteiger partial charge in [0.25, 0.3) is 0 Å². The molecule has 0 radical (unpaired) electrons. The van der Waals surface area contributed by atoms with E-state index in [4.69, 9.17) is 14.5 Å². The molecule has 2 heterocycles. The van der Waals surface area contributed by atoms with Crippen LogP contribution in [0.25, 0.3) is 0 Å². The Hall–Kier alpha value is -0.850. The maximum Gasteiger partial charge on any atom is 0.191 e. The van der Waals surface area contributed by atoms with Gasteiger partial charge in [0.15, 0.2) is 5.96 Å². The molecule has 0 aromatic heterocycles. The molecule has 3 aliphatic rings. The summed E-state index contributed by atoms with van der Waals surface area (Å²) in [5.41, 5.74) is 0.164. The first-order chi connectivity index (χ1) is 12.0. The molecule has 144 valence electrons. The zero-order chi connectivity index (χ0) is 17.9. The van der Waals surface area contributed by atoms with E-state index in [2.05, 4.69) is 43.2 Å². The van der Waals surface area contributed by atoms with E-state index in [-0.39, 0.29) is 5.41 Å². The van der Waals surface area contributed by atoms with E-state index < -0.39 is 0 Å². The second-order valence-corrected chi connectivity index (χ2v) is 8.26. The Morgan fingerprint density at radius 1 is 1.28 bits per heavy atom. The van der Waals surface area contributed by atoms with Gasteiger partial charge in [0.1, 0.15) is 0 Å². The molecule has 1 saturated carbocycles. The van der Waals surface area contributed by atoms with Crippen LogP contribution >= 0.6 is 0 Å². The standard InChI is InChI=1S/C19H36N4O2/c1-5-20-18(21-13-14(2)23-8-11-24-12-9-23)22-16-15-7-6-10-25-17(15)19(16,3)4/h14-17H,5-13H2,1-4H3,(H2,20,21,22). The summed E-state index contributed by atoms with van der Waals surface area (Å²) in [6.07, 6.45) is 2.83. The fraction of sp³-hybridized carbons (Fsp3) is 0.947. The van der Waals surface area contributed by atoms with Crippen LogP contribution in [0, 0.1) is 11.3 Å². The van der Waals surface area contributed by atoms with Gasteiger partial charge in [-0.3, -0.25) is 9.89 Å². The molecular weight excluding hydrogens is 316 g/mol. The maximum absolute atomic E-state index is 6.02. The topological polar surface area (TPSA) is 58.1 Å². The molecule has 0 aromatic carbocycles. The molecular formula is C19H36N4O2. The Morgan fingerprint density at radius 2 is 2.04 bits per heavy atom. The van der Waals surface area contributed by atoms with Crippen molar-refractivity contribution in [2.24, 2.45) is 16.3 Å². The third kappa shape index (κ3) is 4.12. The van der Waals surface area contributed by atoms with Gasteiger partial charge >= 0.3 is 0 Å². The highest BCUT2D eigenvalue weighted by molar-refractivity contribution is 5.80. The lowest BCUT2D eigenvalue weighted by Gasteiger charge is -2.60. The smallest absolute Gasteiger partial charge is 0.191 e. The second-order valence-electron chi connectivity index (χ2n) is 8.26. The molecule has 25 heavy (non-hydrogen) atoms. The van der Waals surface area contributed by atoms with Crippen LogP contribution in [-0.4, -0.2) is 75.0 Å². The summed E-state index contributed by atoms with van der Waals surface area (Å²) in [6.45, 7) is 15.3. The normalized spacial score (nSPS) is 33.9. The van der Waals surface area contributed by atoms with Crippen LogP contribution < -0.4 is 10.6 Å². The van der Waals surface area contributed by atoms with E-state index in [0.717, 1.165) is 52.0 Å². The number of fused-ring (bicyclic) bond motifs is 1. The molecule has 6 heteroatoms. The van der Waals surface area contributed by atoms with Gasteiger partial charge in [-0.25, -0.2) is 0 Å². The van der Waals surface area contributed by atoms with Crippen molar-refractivity contribution in [3.8, 4) is 0 Å². The summed E-state index contributed by atoms with van der Waals surface area (Å²) >= 11 is 0. The fourth-order valence-electron chi connectivity index (χ4n) is 4.64. The first kappa shape index (κ1) is 18.9. The van der Waals surface area contributed by atoms with Crippen molar-refractivity contribution >= 4 is 5.96 Å². The van der Waals surface area contributed by atoms with Crippen LogP contribution in [0.15, 0.2) is 4.99 Å². The summed E-state index contributed by atoms with van der Waals surface area (Å²) in [4.78, 5) is 7.35. The SMILES string of the molecule is CCNC(=NCC(C)N1CCOCC1)NC1C2CCCOC2C1(C)C. The average Bonchev–Trinajstić information content (AvgIpc) is 2.64. The van der Waals surface area contributed by atoms with Gasteiger partial charge in [-0.2, -0.15) is 0 Å². The molecule has 1 aliphatic carbocycles. The molecule has 0 amide bonds. The van der Waals surface area contributed by atoms with Crippen molar-refractivity contribution in [1.82, 2.24) is 15.5 Å². The van der Waals surface area contributed by atoms with Gasteiger partial charge in [-0.1, -0.05) is 13.8 Å². The molecule has 3 rings (SSSR count). The monoisotopic (exact) mass is 352 g/mol. The van der Waals surface area contributed by atoms with Crippen LogP contribution in [-0.2, 0) is 9.47 Å². The third-order valence-electron chi connectivity index (χ3n) is 6.15. The number of nitrogens with one attached hydrogen (secondary N) is 2. The number of aliphatic imine (C=N–C) groups is 1. The molecule has 2 N–H and O–H groups in total. The molecule has 0 aromatic rings. The third-order valence-corrected chi connectivity index (χ3v) is 6.15. The lowest BCUT2D eigenvalue weighted by atomic mass is 9.55. The fourth-order valence-corrected chi connectivity index (χ4v) is 4.64. The summed E-state index contributed by atoms with van der Waals surface area (Å²) < 4.78 is 11.5. The highest BCUT2D eigenvalue weighted by atomic mass is 16.5. The van der Waals surface area contributed by atoms with E-state index >= 15 is 0 Å². The van der Waals surface area contributed by atoms with Gasteiger partial charge in [0, 0.05) is 49.7 Å². The van der Waals surface area contributed by atoms with Crippen molar-refractivity contribution in [2.75, 3.05) is 46.0 Å². The Kier molecular flexibility index (Phi) is 6.23. The van der Waals surface area contributed by atoms with Gasteiger partial charge in [-0.15, -0.1) is 0 Å². The number of guanidine groups is 1. The lowest BCUT2D eigenvalue weighted by Crippen LogP contribution is -2.71. The minimum absolute atomic E-state index is 0.164. The molecule has 4 unspecified atom stereocenters. The van der Waals surface area contributed by atoms with Gasteiger partial charge in [0.2, 0.25) is 0 Å². The minimum Gasteiger partial charge on any atom is -0.379 e. The predicted molar refractivity (Wildman–Crippen MR) is 101 cm³/mol. The van der Waals surface area contributed by atoms with Crippen LogP contribution in [0.1, 0.15) is 40.5 Å². The quantitative estimate of drug-likeness (QED) is 0.580. The van der Waals surface area contributed by atoms with E-state index in [1.54, 1.807) is 0 Å². The zero-order valence-corrected chi connectivity index (χ0v) is 16.4. The Bertz CT molecular complexity index is 462. The minimum atomic E-state index is 0.164. The highest BCUT2D eigenvalue weighted by Crippen LogP contribution is 2.51. The zero-order valence-electron chi connectivity index (χ0n) is 16.4. The first-order valence-electron chi connectivity index (χ1n) is 10.0. The summed E-state index contributed by atoms with van der Waals surface area (Å²) in [5.74, 6) is 1.56. The van der Waals surface area contributed by atoms with Crippen molar-refractivity contribution in [2.45, 2.75) is 58.7 Å². The highest BCUT2D eigenvalue weighted by Gasteiger charge is 2.58. The van der Waals surface area contributed by atoms with E-state index in [9.17, 15) is 0 Å². The number of hydrogen-bond acceptors (Lipinski definition) is 4. The number of morpholine rings is 1. The maximum atomic E-state index is 6.02. The molecule has 3 fully saturated rings. The van der Waals surface area contributed by atoms with E-state index in [0.29, 0.717) is 24.1 Å². The summed E-state index contributed by atoms with van der Waals surface area (Å²) in [6, 6.07) is 0.883. The molecule has 4 atom stereocenters. The van der Waals surface area contributed by atoms with Crippen molar-refractivity contribution in [3.63, 3.8) is 0 Å². The predicted octanol–water partition coefficient (Wildman–Crippen LogP) is 1.47. The Morgan fingerprint density at radius 3 is 2.76 bits per heavy atom. The molecule has 0 spiro atoms. The van der Waals surface area contributed by atoms with E-state index in [1.165, 1.54) is 12.8 Å². The van der Waals surface area contributed by atoms with Crippen LogP contribution in [0.2, 0.25) is 0 Å². The molecule has 2 aliphatic heterocycles. The van der Waals surface area contributed by atoms with Crippen molar-refractivity contribution < 1.29 is 9.47 Å². The first-order valence-corrected chi connectivity index (χ1v) is 10.0. The van der Waals surface area contributed by atoms with Crippen molar-refractivity contribution in [3.05, 3.63) is 0 Å². The van der Waals surface area contributed by atoms with Crippen LogP contribution in [0.4, 0.5) is 0 Å².